The van der Waals surface area contributed by atoms with E-state index in [1.54, 1.807) is 55.5 Å². The van der Waals surface area contributed by atoms with Crippen molar-refractivity contribution in [2.24, 2.45) is 0 Å². The van der Waals surface area contributed by atoms with Crippen LogP contribution < -0.4 is 29.6 Å². The minimum atomic E-state index is -3.92. The van der Waals surface area contributed by atoms with Crippen LogP contribution in [0.15, 0.2) is 65.6 Å². The molecule has 35 heavy (non-hydrogen) atoms. The van der Waals surface area contributed by atoms with Gasteiger partial charge in [0, 0.05) is 16.9 Å². The summed E-state index contributed by atoms with van der Waals surface area (Å²) in [7, 11) is -2.40. The smallest absolute Gasteiger partial charge is 0.262 e. The molecule has 2 amide bonds. The van der Waals surface area contributed by atoms with E-state index in [1.165, 1.54) is 19.2 Å². The third-order valence-corrected chi connectivity index (χ3v) is 6.67. The first-order valence-corrected chi connectivity index (χ1v) is 12.0. The largest absolute Gasteiger partial charge is 0.497 e. The van der Waals surface area contributed by atoms with Gasteiger partial charge in [0.25, 0.3) is 15.9 Å². The molecule has 3 aromatic rings. The van der Waals surface area contributed by atoms with Gasteiger partial charge in [-0.3, -0.25) is 14.3 Å². The molecule has 3 aromatic carbocycles. The molecule has 11 heteroatoms. The van der Waals surface area contributed by atoms with Crippen molar-refractivity contribution in [2.75, 3.05) is 30.5 Å². The van der Waals surface area contributed by atoms with Crippen molar-refractivity contribution in [2.45, 2.75) is 11.8 Å². The molecule has 4 rings (SSSR count). The van der Waals surface area contributed by atoms with Gasteiger partial charge in [-0.2, -0.15) is 0 Å². The molecule has 10 nitrogen and oxygen atoms in total. The molecular formula is C24H23N3O7S. The predicted molar refractivity (Wildman–Crippen MR) is 129 cm³/mol. The number of anilines is 2. The van der Waals surface area contributed by atoms with E-state index in [1.807, 2.05) is 0 Å². The molecule has 1 aliphatic heterocycles. The van der Waals surface area contributed by atoms with Crippen molar-refractivity contribution >= 4 is 33.2 Å². The molecule has 0 bridgehead atoms. The van der Waals surface area contributed by atoms with E-state index in [0.717, 1.165) is 0 Å². The first-order chi connectivity index (χ1) is 16.7. The number of hydrogen-bond donors (Lipinski definition) is 3. The van der Waals surface area contributed by atoms with Crippen LogP contribution in [0.25, 0.3) is 0 Å². The average molecular weight is 498 g/mol. The quantitative estimate of drug-likeness (QED) is 0.436. The third kappa shape index (κ3) is 5.64. The highest BCUT2D eigenvalue weighted by Crippen LogP contribution is 2.32. The monoisotopic (exact) mass is 497 g/mol. The zero-order chi connectivity index (χ0) is 25.0. The Morgan fingerprint density at radius 1 is 0.943 bits per heavy atom. The van der Waals surface area contributed by atoms with Crippen LogP contribution in [0, 0.1) is 6.92 Å². The summed E-state index contributed by atoms with van der Waals surface area (Å²) >= 11 is 0. The van der Waals surface area contributed by atoms with Gasteiger partial charge in [0.15, 0.2) is 11.5 Å². The molecule has 0 fully saturated rings. The van der Waals surface area contributed by atoms with E-state index < -0.39 is 21.8 Å². The number of aryl methyl sites for hydroxylation is 1. The molecular weight excluding hydrogens is 474 g/mol. The fourth-order valence-corrected chi connectivity index (χ4v) is 4.67. The number of nitrogens with one attached hydrogen (secondary N) is 3. The van der Waals surface area contributed by atoms with Gasteiger partial charge < -0.3 is 24.8 Å². The molecule has 1 aliphatic rings. The Morgan fingerprint density at radius 3 is 2.40 bits per heavy atom. The Labute approximate surface area is 202 Å². The summed E-state index contributed by atoms with van der Waals surface area (Å²) in [4.78, 5) is 24.8. The number of benzene rings is 3. The number of sulfonamides is 1. The van der Waals surface area contributed by atoms with Gasteiger partial charge in [-0.1, -0.05) is 6.07 Å². The van der Waals surface area contributed by atoms with Crippen molar-refractivity contribution in [3.63, 3.8) is 0 Å². The van der Waals surface area contributed by atoms with Gasteiger partial charge in [-0.15, -0.1) is 0 Å². The average Bonchev–Trinajstić information content (AvgIpc) is 3.32. The first kappa shape index (κ1) is 23.9. The zero-order valence-corrected chi connectivity index (χ0v) is 19.8. The van der Waals surface area contributed by atoms with Gasteiger partial charge in [0.2, 0.25) is 12.7 Å². The van der Waals surface area contributed by atoms with Gasteiger partial charge in [-0.05, 0) is 67.1 Å². The number of rotatable bonds is 8. The van der Waals surface area contributed by atoms with Gasteiger partial charge in [0.05, 0.1) is 18.6 Å². The Morgan fingerprint density at radius 2 is 1.66 bits per heavy atom. The van der Waals surface area contributed by atoms with Crippen molar-refractivity contribution in [3.05, 3.63) is 71.8 Å². The minimum Gasteiger partial charge on any atom is -0.497 e. The topological polar surface area (TPSA) is 132 Å². The molecule has 0 saturated heterocycles. The number of hydrogen-bond acceptors (Lipinski definition) is 7. The van der Waals surface area contributed by atoms with E-state index in [-0.39, 0.29) is 23.9 Å². The standard InChI is InChI=1S/C24H23N3O7S/c1-15-3-5-18(12-22(15)35(30,31)27-17-6-8-19(32-2)9-7-17)26-23(28)13-25-24(29)16-4-10-20-21(11-16)34-14-33-20/h3-12,27H,13-14H2,1-2H3,(H,25,29)(H,26,28). The number of ether oxygens (including phenoxy) is 3. The molecule has 0 aromatic heterocycles. The van der Waals surface area contributed by atoms with Crippen LogP contribution in [-0.4, -0.2) is 40.7 Å². The summed E-state index contributed by atoms with van der Waals surface area (Å²) in [6.45, 7) is 1.43. The molecule has 0 spiro atoms. The van der Waals surface area contributed by atoms with E-state index in [4.69, 9.17) is 14.2 Å². The summed E-state index contributed by atoms with van der Waals surface area (Å²) in [6.07, 6.45) is 0. The maximum atomic E-state index is 12.9. The second-order valence-electron chi connectivity index (χ2n) is 7.61. The lowest BCUT2D eigenvalue weighted by molar-refractivity contribution is -0.115. The molecule has 0 aliphatic carbocycles. The molecule has 0 atom stereocenters. The molecule has 3 N–H and O–H groups in total. The highest BCUT2D eigenvalue weighted by atomic mass is 32.2. The van der Waals surface area contributed by atoms with Gasteiger partial charge >= 0.3 is 0 Å². The van der Waals surface area contributed by atoms with E-state index in [0.29, 0.717) is 34.1 Å². The fourth-order valence-electron chi connectivity index (χ4n) is 3.34. The van der Waals surface area contributed by atoms with Gasteiger partial charge in [0.1, 0.15) is 5.75 Å². The SMILES string of the molecule is COc1ccc(NS(=O)(=O)c2cc(NC(=O)CNC(=O)c3ccc4c(c3)OCO4)ccc2C)cc1. The third-order valence-electron chi connectivity index (χ3n) is 5.15. The van der Waals surface area contributed by atoms with E-state index >= 15 is 0 Å². The fraction of sp³-hybridized carbons (Fsp3) is 0.167. The maximum Gasteiger partial charge on any atom is 0.262 e. The van der Waals surface area contributed by atoms with Crippen LogP contribution in [-0.2, 0) is 14.8 Å². The Kier molecular flexibility index (Phi) is 6.78. The van der Waals surface area contributed by atoms with Crippen LogP contribution >= 0.6 is 0 Å². The van der Waals surface area contributed by atoms with Crippen LogP contribution in [0.1, 0.15) is 15.9 Å². The summed E-state index contributed by atoms with van der Waals surface area (Å²) in [5, 5.41) is 5.12. The van der Waals surface area contributed by atoms with Crippen molar-refractivity contribution in [3.8, 4) is 17.2 Å². The first-order valence-electron chi connectivity index (χ1n) is 10.5. The number of amides is 2. The normalized spacial score (nSPS) is 12.1. The summed E-state index contributed by atoms with van der Waals surface area (Å²) in [6, 6.07) is 15.7. The Bertz CT molecular complexity index is 1370. The van der Waals surface area contributed by atoms with Crippen LogP contribution in [0.3, 0.4) is 0 Å². The minimum absolute atomic E-state index is 0.00973. The van der Waals surface area contributed by atoms with Crippen LogP contribution in [0.5, 0.6) is 17.2 Å². The summed E-state index contributed by atoms with van der Waals surface area (Å²) < 4.78 is 43.9. The summed E-state index contributed by atoms with van der Waals surface area (Å²) in [5.41, 5.74) is 1.45. The van der Waals surface area contributed by atoms with Gasteiger partial charge in [-0.25, -0.2) is 8.42 Å². The number of methoxy groups -OCH3 is 1. The maximum absolute atomic E-state index is 12.9. The highest BCUT2D eigenvalue weighted by Gasteiger charge is 2.19. The van der Waals surface area contributed by atoms with E-state index in [2.05, 4.69) is 15.4 Å². The molecule has 182 valence electrons. The predicted octanol–water partition coefficient (Wildman–Crippen LogP) is 2.90. The Balaban J connectivity index is 1.39. The van der Waals surface area contributed by atoms with Crippen molar-refractivity contribution in [1.29, 1.82) is 0 Å². The van der Waals surface area contributed by atoms with Crippen LogP contribution in [0.2, 0.25) is 0 Å². The lowest BCUT2D eigenvalue weighted by Gasteiger charge is -2.13. The van der Waals surface area contributed by atoms with Crippen LogP contribution in [0.4, 0.5) is 11.4 Å². The Hall–Kier alpha value is -4.25. The highest BCUT2D eigenvalue weighted by molar-refractivity contribution is 7.92. The summed E-state index contributed by atoms with van der Waals surface area (Å²) in [5.74, 6) is 0.618. The van der Waals surface area contributed by atoms with E-state index in [9.17, 15) is 18.0 Å². The van der Waals surface area contributed by atoms with Crippen molar-refractivity contribution in [1.82, 2.24) is 5.32 Å². The zero-order valence-electron chi connectivity index (χ0n) is 19.0. The molecule has 0 radical (unpaired) electrons. The van der Waals surface area contributed by atoms with Crippen molar-refractivity contribution < 1.29 is 32.2 Å². The molecule has 1 heterocycles. The number of fused-ring (bicyclic) bond motifs is 1. The second kappa shape index (κ2) is 9.94. The lowest BCUT2D eigenvalue weighted by atomic mass is 10.2. The lowest BCUT2D eigenvalue weighted by Crippen LogP contribution is -2.32. The molecule has 0 unspecified atom stereocenters. The second-order valence-corrected chi connectivity index (χ2v) is 9.26. The molecule has 0 saturated carbocycles. The number of carbonyl (C=O) groups excluding carboxylic acids is 2. The number of carbonyl (C=O) groups is 2.